The van der Waals surface area contributed by atoms with Gasteiger partial charge in [-0.3, -0.25) is 4.79 Å². The fourth-order valence-corrected chi connectivity index (χ4v) is 3.57. The van der Waals surface area contributed by atoms with Crippen LogP contribution in [0.3, 0.4) is 0 Å². The van der Waals surface area contributed by atoms with Crippen molar-refractivity contribution in [3.05, 3.63) is 28.2 Å². The molecule has 4 nitrogen and oxygen atoms in total. The van der Waals surface area contributed by atoms with Gasteiger partial charge in [-0.25, -0.2) is 13.1 Å². The topological polar surface area (TPSA) is 63.2 Å². The third kappa shape index (κ3) is 2.81. The molecule has 1 atom stereocenters. The number of Topliss-reactive ketones (excluding diaryl/α,β-unsaturated/α-hetero) is 1. The summed E-state index contributed by atoms with van der Waals surface area (Å²) in [5, 5.41) is 0. The first kappa shape index (κ1) is 13.7. The molecule has 0 spiro atoms. The zero-order chi connectivity index (χ0) is 13.3. The van der Waals surface area contributed by atoms with E-state index >= 15 is 0 Å². The Balaban J connectivity index is 2.25. The van der Waals surface area contributed by atoms with Crippen molar-refractivity contribution in [2.45, 2.75) is 37.1 Å². The van der Waals surface area contributed by atoms with Crippen molar-refractivity contribution in [3.63, 3.8) is 0 Å². The second kappa shape index (κ2) is 5.11. The number of halogens is 1. The highest BCUT2D eigenvalue weighted by Crippen LogP contribution is 2.22. The molecular formula is C12H14BrNO3S. The van der Waals surface area contributed by atoms with Gasteiger partial charge in [-0.2, -0.15) is 0 Å². The Morgan fingerprint density at radius 2 is 2.11 bits per heavy atom. The Labute approximate surface area is 115 Å². The van der Waals surface area contributed by atoms with E-state index in [1.165, 1.54) is 6.07 Å². The summed E-state index contributed by atoms with van der Waals surface area (Å²) < 4.78 is 27.6. The van der Waals surface area contributed by atoms with E-state index in [1.54, 1.807) is 12.1 Å². The lowest BCUT2D eigenvalue weighted by molar-refractivity contribution is -0.118. The molecular weight excluding hydrogens is 318 g/mol. The van der Waals surface area contributed by atoms with E-state index in [1.807, 2.05) is 6.92 Å². The summed E-state index contributed by atoms with van der Waals surface area (Å²) in [7, 11) is -3.61. The first-order valence-electron chi connectivity index (χ1n) is 5.71. The monoisotopic (exact) mass is 331 g/mol. The molecule has 0 amide bonds. The highest BCUT2D eigenvalue weighted by Gasteiger charge is 2.29. The molecule has 98 valence electrons. The minimum Gasteiger partial charge on any atom is -0.298 e. The number of carbonyl (C=O) groups excluding carboxylic acids is 1. The Morgan fingerprint density at radius 1 is 1.39 bits per heavy atom. The normalized spacial score (nSPS) is 20.3. The average Bonchev–Trinajstić information content (AvgIpc) is 2.67. The van der Waals surface area contributed by atoms with Crippen LogP contribution in [0.25, 0.3) is 0 Å². The number of rotatable bonds is 3. The van der Waals surface area contributed by atoms with Gasteiger partial charge in [-0.05, 0) is 43.5 Å². The quantitative estimate of drug-likeness (QED) is 0.923. The minimum absolute atomic E-state index is 0.0209. The van der Waals surface area contributed by atoms with Crippen LogP contribution in [0.4, 0.5) is 0 Å². The summed E-state index contributed by atoms with van der Waals surface area (Å²) >= 11 is 3.32. The van der Waals surface area contributed by atoms with Gasteiger partial charge in [0.1, 0.15) is 0 Å². The van der Waals surface area contributed by atoms with Crippen LogP contribution in [0.15, 0.2) is 27.6 Å². The van der Waals surface area contributed by atoms with Crippen LogP contribution in [0.2, 0.25) is 0 Å². The molecule has 0 bridgehead atoms. The van der Waals surface area contributed by atoms with E-state index in [2.05, 4.69) is 20.7 Å². The molecule has 1 N–H and O–H groups in total. The number of hydrogen-bond acceptors (Lipinski definition) is 3. The van der Waals surface area contributed by atoms with Gasteiger partial charge in [0.25, 0.3) is 0 Å². The molecule has 6 heteroatoms. The Morgan fingerprint density at radius 3 is 2.67 bits per heavy atom. The highest BCUT2D eigenvalue weighted by atomic mass is 79.9. The first-order chi connectivity index (χ1) is 8.40. The SMILES string of the molecule is Cc1cc(S(=O)(=O)NC2CCCC2=O)ccc1Br. The second-order valence-electron chi connectivity index (χ2n) is 4.44. The molecule has 0 aromatic heterocycles. The zero-order valence-corrected chi connectivity index (χ0v) is 12.3. The number of carbonyl (C=O) groups is 1. The molecule has 0 aliphatic heterocycles. The molecule has 0 saturated heterocycles. The third-order valence-corrected chi connectivity index (χ3v) is 5.40. The summed E-state index contributed by atoms with van der Waals surface area (Å²) in [6, 6.07) is 4.25. The molecule has 1 aliphatic rings. The number of sulfonamides is 1. The lowest BCUT2D eigenvalue weighted by atomic mass is 10.2. The van der Waals surface area contributed by atoms with E-state index < -0.39 is 16.1 Å². The van der Waals surface area contributed by atoms with E-state index in [0.717, 1.165) is 16.5 Å². The zero-order valence-electron chi connectivity index (χ0n) is 9.94. The van der Waals surface area contributed by atoms with Gasteiger partial charge in [-0.15, -0.1) is 0 Å². The van der Waals surface area contributed by atoms with Crippen LogP contribution in [-0.2, 0) is 14.8 Å². The Bertz CT molecular complexity index is 583. The van der Waals surface area contributed by atoms with Crippen molar-refractivity contribution >= 4 is 31.7 Å². The van der Waals surface area contributed by atoms with Crippen LogP contribution < -0.4 is 4.72 Å². The van der Waals surface area contributed by atoms with Crippen LogP contribution >= 0.6 is 15.9 Å². The lowest BCUT2D eigenvalue weighted by Gasteiger charge is -2.12. The predicted octanol–water partition coefficient (Wildman–Crippen LogP) is 2.16. The fraction of sp³-hybridized carbons (Fsp3) is 0.417. The van der Waals surface area contributed by atoms with Crippen LogP contribution in [0.5, 0.6) is 0 Å². The lowest BCUT2D eigenvalue weighted by Crippen LogP contribution is -2.37. The van der Waals surface area contributed by atoms with Crippen molar-refractivity contribution in [2.75, 3.05) is 0 Å². The minimum atomic E-state index is -3.61. The molecule has 1 saturated carbocycles. The largest absolute Gasteiger partial charge is 0.298 e. The number of aryl methyl sites for hydroxylation is 1. The summed E-state index contributed by atoms with van der Waals surface area (Å²) in [6.45, 7) is 1.82. The molecule has 1 aromatic carbocycles. The van der Waals surface area contributed by atoms with E-state index in [4.69, 9.17) is 0 Å². The van der Waals surface area contributed by atoms with Gasteiger partial charge >= 0.3 is 0 Å². The molecule has 1 fully saturated rings. The van der Waals surface area contributed by atoms with Gasteiger partial charge in [-0.1, -0.05) is 15.9 Å². The highest BCUT2D eigenvalue weighted by molar-refractivity contribution is 9.10. The smallest absolute Gasteiger partial charge is 0.241 e. The third-order valence-electron chi connectivity index (χ3n) is 3.04. The number of benzene rings is 1. The molecule has 1 aliphatic carbocycles. The average molecular weight is 332 g/mol. The first-order valence-corrected chi connectivity index (χ1v) is 7.99. The standard InChI is InChI=1S/C12H14BrNO3S/c1-8-7-9(5-6-10(8)13)18(16,17)14-11-3-2-4-12(11)15/h5-7,11,14H,2-4H2,1H3. The van der Waals surface area contributed by atoms with E-state index in [-0.39, 0.29) is 10.7 Å². The molecule has 0 heterocycles. The Hall–Kier alpha value is -0.720. The molecule has 1 aromatic rings. The summed E-state index contributed by atoms with van der Waals surface area (Å²) in [4.78, 5) is 11.7. The van der Waals surface area contributed by atoms with Gasteiger partial charge in [0.2, 0.25) is 10.0 Å². The van der Waals surface area contributed by atoms with Crippen molar-refractivity contribution in [1.29, 1.82) is 0 Å². The van der Waals surface area contributed by atoms with E-state index in [9.17, 15) is 13.2 Å². The molecule has 2 rings (SSSR count). The van der Waals surface area contributed by atoms with Gasteiger partial charge in [0, 0.05) is 10.9 Å². The summed E-state index contributed by atoms with van der Waals surface area (Å²) in [5.74, 6) is -0.0209. The maximum absolute atomic E-state index is 12.1. The van der Waals surface area contributed by atoms with Crippen molar-refractivity contribution in [3.8, 4) is 0 Å². The summed E-state index contributed by atoms with van der Waals surface area (Å²) in [5.41, 5.74) is 0.843. The molecule has 1 unspecified atom stereocenters. The van der Waals surface area contributed by atoms with Crippen molar-refractivity contribution in [2.24, 2.45) is 0 Å². The second-order valence-corrected chi connectivity index (χ2v) is 7.01. The van der Waals surface area contributed by atoms with Crippen molar-refractivity contribution < 1.29 is 13.2 Å². The van der Waals surface area contributed by atoms with Crippen LogP contribution in [0.1, 0.15) is 24.8 Å². The summed E-state index contributed by atoms with van der Waals surface area (Å²) in [6.07, 6.45) is 1.81. The number of nitrogens with one attached hydrogen (secondary N) is 1. The molecule has 0 radical (unpaired) electrons. The van der Waals surface area contributed by atoms with Crippen LogP contribution in [0, 0.1) is 6.92 Å². The van der Waals surface area contributed by atoms with Gasteiger partial charge < -0.3 is 0 Å². The maximum atomic E-state index is 12.1. The number of hydrogen-bond donors (Lipinski definition) is 1. The van der Waals surface area contributed by atoms with E-state index in [0.29, 0.717) is 12.8 Å². The molecule has 18 heavy (non-hydrogen) atoms. The maximum Gasteiger partial charge on any atom is 0.241 e. The van der Waals surface area contributed by atoms with Crippen LogP contribution in [-0.4, -0.2) is 20.2 Å². The Kier molecular flexibility index (Phi) is 3.89. The van der Waals surface area contributed by atoms with Crippen molar-refractivity contribution in [1.82, 2.24) is 4.72 Å². The van der Waals surface area contributed by atoms with Gasteiger partial charge in [0.05, 0.1) is 10.9 Å². The predicted molar refractivity (Wildman–Crippen MR) is 71.8 cm³/mol. The number of ketones is 1. The van der Waals surface area contributed by atoms with Gasteiger partial charge in [0.15, 0.2) is 5.78 Å². The fourth-order valence-electron chi connectivity index (χ4n) is 1.98.